The molecular formula is C10H10F3NS2. The highest BCUT2D eigenvalue weighted by Crippen LogP contribution is 2.32. The third kappa shape index (κ3) is 3.75. The van der Waals surface area contributed by atoms with Crippen LogP contribution in [0.1, 0.15) is 5.56 Å². The van der Waals surface area contributed by atoms with Crippen LogP contribution in [0.15, 0.2) is 29.3 Å². The van der Waals surface area contributed by atoms with Crippen molar-refractivity contribution < 1.29 is 13.2 Å². The average Bonchev–Trinajstić information content (AvgIpc) is 2.25. The summed E-state index contributed by atoms with van der Waals surface area (Å²) >= 11 is 2.82. The molecule has 1 rings (SSSR count). The Labute approximate surface area is 101 Å². The van der Waals surface area contributed by atoms with Crippen molar-refractivity contribution in [1.29, 1.82) is 0 Å². The number of rotatable bonds is 1. The standard InChI is InChI=1S/C10H10F3NS2/c1-15-9(16-2)14-8-5-3-4-7(6-8)10(11,12)13/h3-6H,1-2H3. The molecular weight excluding hydrogens is 255 g/mol. The summed E-state index contributed by atoms with van der Waals surface area (Å²) < 4.78 is 38.0. The van der Waals surface area contributed by atoms with Crippen LogP contribution in [0.4, 0.5) is 18.9 Å². The second kappa shape index (κ2) is 5.63. The fourth-order valence-corrected chi connectivity index (χ4v) is 2.09. The van der Waals surface area contributed by atoms with E-state index in [1.165, 1.54) is 29.6 Å². The van der Waals surface area contributed by atoms with Gasteiger partial charge in [-0.05, 0) is 30.7 Å². The van der Waals surface area contributed by atoms with Crippen molar-refractivity contribution >= 4 is 33.6 Å². The Kier molecular flexibility index (Phi) is 4.73. The van der Waals surface area contributed by atoms with Gasteiger partial charge in [0.1, 0.15) is 4.38 Å². The van der Waals surface area contributed by atoms with Crippen molar-refractivity contribution in [2.45, 2.75) is 6.18 Å². The molecule has 88 valence electrons. The van der Waals surface area contributed by atoms with E-state index in [1.54, 1.807) is 6.07 Å². The predicted molar refractivity (Wildman–Crippen MR) is 65.6 cm³/mol. The van der Waals surface area contributed by atoms with Gasteiger partial charge in [-0.3, -0.25) is 0 Å². The second-order valence-corrected chi connectivity index (χ2v) is 4.68. The molecule has 0 aliphatic carbocycles. The summed E-state index contributed by atoms with van der Waals surface area (Å²) in [6.45, 7) is 0. The first kappa shape index (κ1) is 13.4. The molecule has 0 saturated carbocycles. The summed E-state index contributed by atoms with van der Waals surface area (Å²) in [6, 6.07) is 5.00. The summed E-state index contributed by atoms with van der Waals surface area (Å²) in [7, 11) is 0. The molecule has 0 atom stereocenters. The summed E-state index contributed by atoms with van der Waals surface area (Å²) in [5.41, 5.74) is -0.344. The highest BCUT2D eigenvalue weighted by atomic mass is 32.2. The molecule has 16 heavy (non-hydrogen) atoms. The zero-order valence-electron chi connectivity index (χ0n) is 8.71. The summed E-state index contributed by atoms with van der Waals surface area (Å²) in [5, 5.41) is 0. The van der Waals surface area contributed by atoms with E-state index < -0.39 is 11.7 Å². The first-order valence-corrected chi connectivity index (χ1v) is 6.76. The predicted octanol–water partition coefficient (Wildman–Crippen LogP) is 4.42. The van der Waals surface area contributed by atoms with Gasteiger partial charge in [0.2, 0.25) is 0 Å². The number of hydrogen-bond donors (Lipinski definition) is 0. The number of nitrogens with zero attached hydrogens (tertiary/aromatic N) is 1. The number of alkyl halides is 3. The van der Waals surface area contributed by atoms with Gasteiger partial charge in [0, 0.05) is 0 Å². The molecule has 0 spiro atoms. The van der Waals surface area contributed by atoms with Gasteiger partial charge < -0.3 is 0 Å². The molecule has 0 heterocycles. The highest BCUT2D eigenvalue weighted by Gasteiger charge is 2.30. The molecule has 0 bridgehead atoms. The molecule has 1 aromatic rings. The van der Waals surface area contributed by atoms with Crippen LogP contribution >= 0.6 is 23.5 Å². The highest BCUT2D eigenvalue weighted by molar-refractivity contribution is 8.38. The normalized spacial score (nSPS) is 11.3. The average molecular weight is 265 g/mol. The van der Waals surface area contributed by atoms with Crippen LogP contribution in [-0.2, 0) is 6.18 Å². The topological polar surface area (TPSA) is 12.4 Å². The Morgan fingerprint density at radius 3 is 2.31 bits per heavy atom. The van der Waals surface area contributed by atoms with Gasteiger partial charge in [0.15, 0.2) is 0 Å². The lowest BCUT2D eigenvalue weighted by atomic mass is 10.2. The Morgan fingerprint density at radius 2 is 1.81 bits per heavy atom. The maximum atomic E-state index is 12.4. The van der Waals surface area contributed by atoms with Gasteiger partial charge in [0.25, 0.3) is 0 Å². The minimum atomic E-state index is -4.32. The zero-order valence-corrected chi connectivity index (χ0v) is 10.3. The van der Waals surface area contributed by atoms with Gasteiger partial charge in [0.05, 0.1) is 11.3 Å². The van der Waals surface area contributed by atoms with E-state index in [-0.39, 0.29) is 0 Å². The van der Waals surface area contributed by atoms with Crippen molar-refractivity contribution in [1.82, 2.24) is 0 Å². The van der Waals surface area contributed by atoms with Crippen LogP contribution in [0, 0.1) is 0 Å². The smallest absolute Gasteiger partial charge is 0.235 e. The number of aliphatic imine (C=N–C) groups is 1. The second-order valence-electron chi connectivity index (χ2n) is 2.83. The van der Waals surface area contributed by atoms with E-state index in [2.05, 4.69) is 4.99 Å². The molecule has 6 heteroatoms. The molecule has 0 amide bonds. The Balaban J connectivity index is 3.04. The lowest BCUT2D eigenvalue weighted by Crippen LogP contribution is -2.03. The van der Waals surface area contributed by atoms with Gasteiger partial charge in [-0.25, -0.2) is 4.99 Å². The summed E-state index contributed by atoms with van der Waals surface area (Å²) in [5.74, 6) is 0. The molecule has 0 N–H and O–H groups in total. The summed E-state index contributed by atoms with van der Waals surface area (Å²) in [6.07, 6.45) is -0.643. The van der Waals surface area contributed by atoms with Gasteiger partial charge >= 0.3 is 6.18 Å². The molecule has 0 radical (unpaired) electrons. The maximum absolute atomic E-state index is 12.4. The SMILES string of the molecule is CSC(=Nc1cccc(C(F)(F)F)c1)SC. The van der Waals surface area contributed by atoms with E-state index in [1.807, 2.05) is 12.5 Å². The van der Waals surface area contributed by atoms with E-state index in [4.69, 9.17) is 0 Å². The van der Waals surface area contributed by atoms with Crippen LogP contribution in [0.2, 0.25) is 0 Å². The Hall–Kier alpha value is -0.620. The van der Waals surface area contributed by atoms with Crippen LogP contribution < -0.4 is 0 Å². The third-order valence-corrected chi connectivity index (χ3v) is 3.62. The van der Waals surface area contributed by atoms with Crippen molar-refractivity contribution in [2.24, 2.45) is 4.99 Å². The molecule has 0 fully saturated rings. The molecule has 0 aliphatic rings. The minimum absolute atomic E-state index is 0.327. The molecule has 0 aromatic heterocycles. The zero-order chi connectivity index (χ0) is 12.2. The van der Waals surface area contributed by atoms with Crippen molar-refractivity contribution in [3.63, 3.8) is 0 Å². The minimum Gasteiger partial charge on any atom is -0.235 e. The number of benzene rings is 1. The quantitative estimate of drug-likeness (QED) is 0.550. The van der Waals surface area contributed by atoms with Crippen molar-refractivity contribution in [2.75, 3.05) is 12.5 Å². The fraction of sp³-hybridized carbons (Fsp3) is 0.300. The van der Waals surface area contributed by atoms with Crippen LogP contribution in [0.3, 0.4) is 0 Å². The maximum Gasteiger partial charge on any atom is 0.416 e. The monoisotopic (exact) mass is 265 g/mol. The number of hydrogen-bond acceptors (Lipinski definition) is 3. The van der Waals surface area contributed by atoms with E-state index in [0.717, 1.165) is 16.5 Å². The van der Waals surface area contributed by atoms with E-state index in [0.29, 0.717) is 5.69 Å². The van der Waals surface area contributed by atoms with Crippen LogP contribution in [0.25, 0.3) is 0 Å². The summed E-state index contributed by atoms with van der Waals surface area (Å²) in [4.78, 5) is 4.11. The number of halogens is 3. The molecule has 0 unspecified atom stereocenters. The van der Waals surface area contributed by atoms with Gasteiger partial charge in [-0.2, -0.15) is 13.2 Å². The van der Waals surface area contributed by atoms with E-state index >= 15 is 0 Å². The Bertz CT molecular complexity index is 382. The van der Waals surface area contributed by atoms with Gasteiger partial charge in [-0.1, -0.05) is 6.07 Å². The number of thioether (sulfide) groups is 2. The van der Waals surface area contributed by atoms with Crippen LogP contribution in [-0.4, -0.2) is 16.9 Å². The third-order valence-electron chi connectivity index (χ3n) is 1.74. The lowest BCUT2D eigenvalue weighted by molar-refractivity contribution is -0.137. The largest absolute Gasteiger partial charge is 0.416 e. The first-order valence-electron chi connectivity index (χ1n) is 4.31. The lowest BCUT2D eigenvalue weighted by Gasteiger charge is -2.07. The van der Waals surface area contributed by atoms with Crippen molar-refractivity contribution in [3.05, 3.63) is 29.8 Å². The molecule has 1 aromatic carbocycles. The van der Waals surface area contributed by atoms with E-state index in [9.17, 15) is 13.2 Å². The molecule has 0 saturated heterocycles. The van der Waals surface area contributed by atoms with Crippen molar-refractivity contribution in [3.8, 4) is 0 Å². The Morgan fingerprint density at radius 1 is 1.19 bits per heavy atom. The fourth-order valence-electron chi connectivity index (χ4n) is 1.03. The molecule has 1 nitrogen and oxygen atoms in total. The van der Waals surface area contributed by atoms with Crippen LogP contribution in [0.5, 0.6) is 0 Å². The molecule has 0 aliphatic heterocycles. The van der Waals surface area contributed by atoms with Gasteiger partial charge in [-0.15, -0.1) is 23.5 Å². The first-order chi connectivity index (χ1) is 7.47.